The summed E-state index contributed by atoms with van der Waals surface area (Å²) in [6, 6.07) is -0.0304. The summed E-state index contributed by atoms with van der Waals surface area (Å²) in [4.78, 5) is 38.6. The molecule has 150 valence electrons. The number of aromatic nitrogens is 2. The standard InChI is InChI=1S/C17H16BrCl2N3O5/c1-2-27-15(24)14(16(25)28-17(26)22-5-3-4-6-22)23-8-9-11(19)7-10(18)12(20)13(9)21-23/h7-8,14H,2-6H2,1H3. The van der Waals surface area contributed by atoms with E-state index in [-0.39, 0.29) is 17.1 Å². The number of rotatable bonds is 4. The number of nitrogens with zero attached hydrogens (tertiary/aromatic N) is 3. The summed E-state index contributed by atoms with van der Waals surface area (Å²) in [6.45, 7) is 2.64. The van der Waals surface area contributed by atoms with E-state index in [9.17, 15) is 14.4 Å². The van der Waals surface area contributed by atoms with E-state index < -0.39 is 24.1 Å². The quantitative estimate of drug-likeness (QED) is 0.364. The summed E-state index contributed by atoms with van der Waals surface area (Å²) in [7, 11) is 0. The Balaban J connectivity index is 1.95. The smallest absolute Gasteiger partial charge is 0.417 e. The second kappa shape index (κ2) is 8.67. The van der Waals surface area contributed by atoms with Crippen molar-refractivity contribution in [3.63, 3.8) is 0 Å². The van der Waals surface area contributed by atoms with Crippen LogP contribution in [-0.4, -0.2) is 52.4 Å². The van der Waals surface area contributed by atoms with Gasteiger partial charge in [-0.2, -0.15) is 5.10 Å². The molecule has 0 aliphatic carbocycles. The summed E-state index contributed by atoms with van der Waals surface area (Å²) in [5.74, 6) is -1.99. The summed E-state index contributed by atoms with van der Waals surface area (Å²) < 4.78 is 11.4. The van der Waals surface area contributed by atoms with Crippen LogP contribution in [0.2, 0.25) is 10.0 Å². The molecule has 3 rings (SSSR count). The normalized spacial score (nSPS) is 14.9. The van der Waals surface area contributed by atoms with Crippen molar-refractivity contribution in [1.82, 2.24) is 14.7 Å². The summed E-state index contributed by atoms with van der Waals surface area (Å²) in [6.07, 6.45) is 2.26. The number of hydrogen-bond donors (Lipinski definition) is 0. The molecule has 0 saturated carbocycles. The SMILES string of the molecule is CCOC(=O)C(C(=O)OC(=O)N1CCCC1)n1cc2c(Cl)cc(Br)c(Cl)c2n1. The fourth-order valence-corrected chi connectivity index (χ4v) is 3.86. The van der Waals surface area contributed by atoms with Gasteiger partial charge < -0.3 is 14.4 Å². The van der Waals surface area contributed by atoms with Crippen LogP contribution in [-0.2, 0) is 19.1 Å². The van der Waals surface area contributed by atoms with Gasteiger partial charge in [-0.25, -0.2) is 19.1 Å². The molecule has 1 saturated heterocycles. The third-order valence-electron chi connectivity index (χ3n) is 4.21. The molecule has 1 aliphatic rings. The Morgan fingerprint density at radius 2 is 1.93 bits per heavy atom. The molecular weight excluding hydrogens is 477 g/mol. The van der Waals surface area contributed by atoms with Gasteiger partial charge in [0.15, 0.2) is 0 Å². The molecule has 2 heterocycles. The topological polar surface area (TPSA) is 90.7 Å². The van der Waals surface area contributed by atoms with E-state index in [1.54, 1.807) is 13.0 Å². The van der Waals surface area contributed by atoms with Crippen LogP contribution < -0.4 is 0 Å². The molecule has 1 atom stereocenters. The number of halogens is 3. The Kier molecular flexibility index (Phi) is 6.47. The highest BCUT2D eigenvalue weighted by Gasteiger charge is 2.36. The Bertz CT molecular complexity index is 943. The highest BCUT2D eigenvalue weighted by atomic mass is 79.9. The third kappa shape index (κ3) is 4.11. The molecule has 8 nitrogen and oxygen atoms in total. The number of hydrogen-bond acceptors (Lipinski definition) is 6. The number of carbonyl (C=O) groups is 3. The molecule has 0 spiro atoms. The van der Waals surface area contributed by atoms with Crippen molar-refractivity contribution in [2.24, 2.45) is 0 Å². The Hall–Kier alpha value is -1.84. The zero-order chi connectivity index (χ0) is 20.4. The molecule has 1 fully saturated rings. The molecule has 0 radical (unpaired) electrons. The molecule has 1 aliphatic heterocycles. The molecule has 11 heteroatoms. The highest BCUT2D eigenvalue weighted by molar-refractivity contribution is 9.10. The van der Waals surface area contributed by atoms with E-state index in [1.165, 1.54) is 11.1 Å². The van der Waals surface area contributed by atoms with Gasteiger partial charge in [0, 0.05) is 29.1 Å². The van der Waals surface area contributed by atoms with Crippen LogP contribution in [0.15, 0.2) is 16.7 Å². The average Bonchev–Trinajstić information content (AvgIpc) is 3.30. The fraction of sp³-hybridized carbons (Fsp3) is 0.412. The van der Waals surface area contributed by atoms with E-state index in [2.05, 4.69) is 21.0 Å². The van der Waals surface area contributed by atoms with Crippen LogP contribution in [0.5, 0.6) is 0 Å². The van der Waals surface area contributed by atoms with Crippen LogP contribution in [0, 0.1) is 0 Å². The summed E-state index contributed by atoms with van der Waals surface area (Å²) >= 11 is 15.7. The first-order valence-electron chi connectivity index (χ1n) is 8.53. The Labute approximate surface area is 178 Å². The maximum Gasteiger partial charge on any atom is 0.417 e. The van der Waals surface area contributed by atoms with Crippen molar-refractivity contribution in [3.05, 3.63) is 26.8 Å². The van der Waals surface area contributed by atoms with Gasteiger partial charge >= 0.3 is 18.0 Å². The summed E-state index contributed by atoms with van der Waals surface area (Å²) in [5, 5.41) is 5.23. The molecule has 0 N–H and O–H groups in total. The predicted molar refractivity (Wildman–Crippen MR) is 105 cm³/mol. The van der Waals surface area contributed by atoms with Crippen LogP contribution >= 0.6 is 39.1 Å². The minimum atomic E-state index is -1.61. The van der Waals surface area contributed by atoms with Crippen molar-refractivity contribution in [2.75, 3.05) is 19.7 Å². The van der Waals surface area contributed by atoms with Crippen LogP contribution in [0.25, 0.3) is 10.9 Å². The predicted octanol–water partition coefficient (Wildman–Crippen LogP) is 3.97. The second-order valence-electron chi connectivity index (χ2n) is 6.06. The first kappa shape index (κ1) is 20.9. The Morgan fingerprint density at radius 1 is 1.25 bits per heavy atom. The van der Waals surface area contributed by atoms with Gasteiger partial charge in [0.25, 0.3) is 0 Å². The zero-order valence-electron chi connectivity index (χ0n) is 14.8. The maximum atomic E-state index is 12.6. The van der Waals surface area contributed by atoms with Crippen LogP contribution in [0.4, 0.5) is 4.79 Å². The summed E-state index contributed by atoms with van der Waals surface area (Å²) in [5.41, 5.74) is 0.286. The van der Waals surface area contributed by atoms with Crippen molar-refractivity contribution >= 4 is 68.1 Å². The molecule has 1 aromatic carbocycles. The average molecular weight is 493 g/mol. The van der Waals surface area contributed by atoms with E-state index in [0.29, 0.717) is 28.0 Å². The Morgan fingerprint density at radius 3 is 2.57 bits per heavy atom. The van der Waals surface area contributed by atoms with E-state index in [4.69, 9.17) is 32.7 Å². The number of fused-ring (bicyclic) bond motifs is 1. The lowest BCUT2D eigenvalue weighted by atomic mass is 10.2. The first-order valence-corrected chi connectivity index (χ1v) is 10.1. The monoisotopic (exact) mass is 491 g/mol. The molecule has 2 aromatic rings. The van der Waals surface area contributed by atoms with Crippen LogP contribution in [0.1, 0.15) is 25.8 Å². The first-order chi connectivity index (χ1) is 13.3. The number of ether oxygens (including phenoxy) is 2. The number of benzene rings is 1. The van der Waals surface area contributed by atoms with Gasteiger partial charge in [-0.1, -0.05) is 23.2 Å². The largest absolute Gasteiger partial charge is 0.464 e. The molecule has 1 aromatic heterocycles. The molecule has 1 amide bonds. The maximum absolute atomic E-state index is 12.6. The van der Waals surface area contributed by atoms with E-state index >= 15 is 0 Å². The lowest BCUT2D eigenvalue weighted by Gasteiger charge is -2.17. The third-order valence-corrected chi connectivity index (χ3v) is 5.76. The number of esters is 2. The van der Waals surface area contributed by atoms with Gasteiger partial charge in [-0.05, 0) is 41.8 Å². The number of carbonyl (C=O) groups excluding carboxylic acids is 3. The molecule has 28 heavy (non-hydrogen) atoms. The highest BCUT2D eigenvalue weighted by Crippen LogP contribution is 2.36. The van der Waals surface area contributed by atoms with E-state index in [0.717, 1.165) is 17.5 Å². The zero-order valence-corrected chi connectivity index (χ0v) is 17.9. The lowest BCUT2D eigenvalue weighted by Crippen LogP contribution is -2.36. The van der Waals surface area contributed by atoms with E-state index in [1.807, 2.05) is 0 Å². The van der Waals surface area contributed by atoms with Crippen LogP contribution in [0.3, 0.4) is 0 Å². The minimum Gasteiger partial charge on any atom is -0.464 e. The van der Waals surface area contributed by atoms with Crippen molar-refractivity contribution in [2.45, 2.75) is 25.8 Å². The minimum absolute atomic E-state index is 0.0382. The molecular formula is C17H16BrCl2N3O5. The van der Waals surface area contributed by atoms with Gasteiger partial charge in [-0.3, -0.25) is 0 Å². The van der Waals surface area contributed by atoms with Gasteiger partial charge in [0.05, 0.1) is 16.7 Å². The van der Waals surface area contributed by atoms with Crippen molar-refractivity contribution in [3.8, 4) is 0 Å². The van der Waals surface area contributed by atoms with Gasteiger partial charge in [0.2, 0.25) is 6.04 Å². The second-order valence-corrected chi connectivity index (χ2v) is 7.70. The van der Waals surface area contributed by atoms with Crippen molar-refractivity contribution in [1.29, 1.82) is 0 Å². The number of likely N-dealkylation sites (tertiary alicyclic amines) is 1. The number of amides is 1. The van der Waals surface area contributed by atoms with Gasteiger partial charge in [0.1, 0.15) is 5.52 Å². The lowest BCUT2D eigenvalue weighted by molar-refractivity contribution is -0.157. The fourth-order valence-electron chi connectivity index (χ4n) is 2.87. The van der Waals surface area contributed by atoms with Gasteiger partial charge in [-0.15, -0.1) is 0 Å². The molecule has 1 unspecified atom stereocenters. The van der Waals surface area contributed by atoms with Crippen molar-refractivity contribution < 1.29 is 23.9 Å². The molecule has 0 bridgehead atoms.